The second-order valence-electron chi connectivity index (χ2n) is 5.00. The number of benzene rings is 1. The summed E-state index contributed by atoms with van der Waals surface area (Å²) >= 11 is 0. The smallest absolute Gasteiger partial charge is 0.340 e. The predicted octanol–water partition coefficient (Wildman–Crippen LogP) is 1.53. The fourth-order valence-corrected chi connectivity index (χ4v) is 2.09. The van der Waals surface area contributed by atoms with E-state index in [1.807, 2.05) is 25.1 Å². The average molecular weight is 264 g/mol. The average Bonchev–Trinajstić information content (AvgIpc) is 2.88. The molecule has 0 radical (unpaired) electrons. The zero-order valence-corrected chi connectivity index (χ0v) is 11.4. The molecule has 2 rings (SSSR count). The van der Waals surface area contributed by atoms with Gasteiger partial charge in [0.15, 0.2) is 0 Å². The van der Waals surface area contributed by atoms with Crippen LogP contribution < -0.4 is 10.6 Å². The van der Waals surface area contributed by atoms with Crippen LogP contribution in [0, 0.1) is 5.92 Å². The molecular weight excluding hydrogens is 244 g/mol. The van der Waals surface area contributed by atoms with Crippen molar-refractivity contribution in [2.45, 2.75) is 6.42 Å². The summed E-state index contributed by atoms with van der Waals surface area (Å²) in [5.74, 6) is -0.0179. The Balaban J connectivity index is 2.06. The van der Waals surface area contributed by atoms with Crippen LogP contribution in [0.1, 0.15) is 16.8 Å². The minimum absolute atomic E-state index is 0.313. The number of rotatable bonds is 4. The highest BCUT2D eigenvalue weighted by molar-refractivity contribution is 5.96. The fraction of sp³-hybridized carbons (Fsp3) is 0.500. The van der Waals surface area contributed by atoms with Gasteiger partial charge in [-0.05, 0) is 24.6 Å². The second kappa shape index (κ2) is 5.93. The number of nitrogens with zero attached hydrogens (tertiary/aromatic N) is 1. The fourth-order valence-electron chi connectivity index (χ4n) is 2.09. The Bertz CT molecular complexity index is 454. The largest absolute Gasteiger partial charge is 0.462 e. The van der Waals surface area contributed by atoms with E-state index < -0.39 is 0 Å². The Morgan fingerprint density at radius 3 is 2.95 bits per heavy atom. The summed E-state index contributed by atoms with van der Waals surface area (Å²) in [6.07, 6.45) is 0.949. The normalized spacial score (nSPS) is 18.3. The molecule has 5 nitrogen and oxygen atoms in total. The van der Waals surface area contributed by atoms with Crippen molar-refractivity contribution in [3.63, 3.8) is 0 Å². The maximum absolute atomic E-state index is 12.1. The maximum Gasteiger partial charge on any atom is 0.340 e. The van der Waals surface area contributed by atoms with Gasteiger partial charge in [0.25, 0.3) is 0 Å². The van der Waals surface area contributed by atoms with E-state index in [1.165, 1.54) is 0 Å². The minimum Gasteiger partial charge on any atom is -0.462 e. The molecule has 1 fully saturated rings. The SMILES string of the molecule is CN(C)c1ccc(N)cc1C(=O)OCC1CCOC1. The maximum atomic E-state index is 12.1. The highest BCUT2D eigenvalue weighted by Crippen LogP contribution is 2.23. The molecule has 0 spiro atoms. The van der Waals surface area contributed by atoms with Gasteiger partial charge in [0, 0.05) is 32.3 Å². The van der Waals surface area contributed by atoms with E-state index in [0.717, 1.165) is 18.7 Å². The lowest BCUT2D eigenvalue weighted by Gasteiger charge is -2.17. The number of anilines is 2. The molecule has 1 aliphatic heterocycles. The topological polar surface area (TPSA) is 64.8 Å². The quantitative estimate of drug-likeness (QED) is 0.660. The lowest BCUT2D eigenvalue weighted by molar-refractivity contribution is 0.0429. The van der Waals surface area contributed by atoms with Crippen LogP contribution in [-0.4, -0.2) is 39.9 Å². The highest BCUT2D eigenvalue weighted by Gasteiger charge is 2.20. The van der Waals surface area contributed by atoms with Gasteiger partial charge in [-0.2, -0.15) is 0 Å². The van der Waals surface area contributed by atoms with E-state index in [9.17, 15) is 4.79 Å². The molecule has 104 valence electrons. The van der Waals surface area contributed by atoms with E-state index in [0.29, 0.717) is 30.4 Å². The monoisotopic (exact) mass is 264 g/mol. The lowest BCUT2D eigenvalue weighted by Crippen LogP contribution is -2.18. The second-order valence-corrected chi connectivity index (χ2v) is 5.00. The first kappa shape index (κ1) is 13.7. The summed E-state index contributed by atoms with van der Waals surface area (Å²) in [7, 11) is 3.76. The first-order valence-corrected chi connectivity index (χ1v) is 6.39. The Hall–Kier alpha value is -1.75. The van der Waals surface area contributed by atoms with Crippen molar-refractivity contribution in [2.24, 2.45) is 5.92 Å². The van der Waals surface area contributed by atoms with Crippen molar-refractivity contribution < 1.29 is 14.3 Å². The van der Waals surface area contributed by atoms with Gasteiger partial charge in [-0.25, -0.2) is 4.79 Å². The Kier molecular flexibility index (Phi) is 4.27. The number of nitrogen functional groups attached to an aromatic ring is 1. The number of esters is 1. The van der Waals surface area contributed by atoms with E-state index in [4.69, 9.17) is 15.2 Å². The van der Waals surface area contributed by atoms with Gasteiger partial charge in [0.2, 0.25) is 0 Å². The van der Waals surface area contributed by atoms with E-state index in [2.05, 4.69) is 0 Å². The number of hydrogen-bond donors (Lipinski definition) is 1. The summed E-state index contributed by atoms with van der Waals surface area (Å²) in [5.41, 5.74) is 7.61. The molecule has 1 unspecified atom stereocenters. The summed E-state index contributed by atoms with van der Waals surface area (Å²) in [6, 6.07) is 5.25. The van der Waals surface area contributed by atoms with Crippen LogP contribution in [0.25, 0.3) is 0 Å². The molecule has 0 aliphatic carbocycles. The van der Waals surface area contributed by atoms with E-state index in [-0.39, 0.29) is 5.97 Å². The number of ether oxygens (including phenoxy) is 2. The Labute approximate surface area is 113 Å². The number of carbonyl (C=O) groups excluding carboxylic acids is 1. The van der Waals surface area contributed by atoms with Gasteiger partial charge in [0.1, 0.15) is 0 Å². The van der Waals surface area contributed by atoms with Gasteiger partial charge >= 0.3 is 5.97 Å². The molecule has 1 aromatic carbocycles. The van der Waals surface area contributed by atoms with Gasteiger partial charge in [-0.3, -0.25) is 0 Å². The van der Waals surface area contributed by atoms with Crippen molar-refractivity contribution in [1.82, 2.24) is 0 Å². The van der Waals surface area contributed by atoms with Gasteiger partial charge < -0.3 is 20.1 Å². The van der Waals surface area contributed by atoms with Crippen molar-refractivity contribution in [1.29, 1.82) is 0 Å². The summed E-state index contributed by atoms with van der Waals surface area (Å²) in [6.45, 7) is 1.83. The van der Waals surface area contributed by atoms with E-state index >= 15 is 0 Å². The molecule has 5 heteroatoms. The zero-order chi connectivity index (χ0) is 13.8. The lowest BCUT2D eigenvalue weighted by atomic mass is 10.1. The third kappa shape index (κ3) is 3.38. The molecule has 19 heavy (non-hydrogen) atoms. The number of hydrogen-bond acceptors (Lipinski definition) is 5. The predicted molar refractivity (Wildman–Crippen MR) is 74.4 cm³/mol. The minimum atomic E-state index is -0.331. The third-order valence-electron chi connectivity index (χ3n) is 3.20. The number of nitrogens with two attached hydrogens (primary N) is 1. The van der Waals surface area contributed by atoms with Crippen LogP contribution in [0.2, 0.25) is 0 Å². The first-order chi connectivity index (χ1) is 9.08. The standard InChI is InChI=1S/C14H20N2O3/c1-16(2)13-4-3-11(15)7-12(13)14(17)19-9-10-5-6-18-8-10/h3-4,7,10H,5-6,8-9,15H2,1-2H3. The van der Waals surface area contributed by atoms with E-state index in [1.54, 1.807) is 12.1 Å². The van der Waals surface area contributed by atoms with Crippen LogP contribution in [-0.2, 0) is 9.47 Å². The van der Waals surface area contributed by atoms with Crippen molar-refractivity contribution in [3.8, 4) is 0 Å². The van der Waals surface area contributed by atoms with Crippen molar-refractivity contribution in [2.75, 3.05) is 44.5 Å². The van der Waals surface area contributed by atoms with Crippen LogP contribution in [0.15, 0.2) is 18.2 Å². The molecule has 0 aromatic heterocycles. The van der Waals surface area contributed by atoms with Crippen LogP contribution >= 0.6 is 0 Å². The molecule has 0 saturated carbocycles. The molecule has 1 aliphatic rings. The number of carbonyl (C=O) groups is 1. The van der Waals surface area contributed by atoms with Crippen LogP contribution in [0.4, 0.5) is 11.4 Å². The molecule has 2 N–H and O–H groups in total. The highest BCUT2D eigenvalue weighted by atomic mass is 16.5. The first-order valence-electron chi connectivity index (χ1n) is 6.39. The van der Waals surface area contributed by atoms with Crippen molar-refractivity contribution >= 4 is 17.3 Å². The molecular formula is C14H20N2O3. The molecule has 1 aromatic rings. The van der Waals surface area contributed by atoms with Gasteiger partial charge in [-0.1, -0.05) is 0 Å². The van der Waals surface area contributed by atoms with Crippen LogP contribution in [0.5, 0.6) is 0 Å². The molecule has 1 saturated heterocycles. The van der Waals surface area contributed by atoms with Crippen LogP contribution in [0.3, 0.4) is 0 Å². The van der Waals surface area contributed by atoms with Crippen molar-refractivity contribution in [3.05, 3.63) is 23.8 Å². The Morgan fingerprint density at radius 2 is 2.32 bits per heavy atom. The summed E-state index contributed by atoms with van der Waals surface area (Å²) in [5, 5.41) is 0. The Morgan fingerprint density at radius 1 is 1.53 bits per heavy atom. The van der Waals surface area contributed by atoms with Gasteiger partial charge in [-0.15, -0.1) is 0 Å². The van der Waals surface area contributed by atoms with Gasteiger partial charge in [0.05, 0.1) is 24.5 Å². The summed E-state index contributed by atoms with van der Waals surface area (Å²) in [4.78, 5) is 14.0. The molecule has 0 amide bonds. The third-order valence-corrected chi connectivity index (χ3v) is 3.20. The summed E-state index contributed by atoms with van der Waals surface area (Å²) < 4.78 is 10.6. The molecule has 1 heterocycles. The molecule has 1 atom stereocenters. The molecule has 0 bridgehead atoms. The zero-order valence-electron chi connectivity index (χ0n) is 11.4.